The average Bonchev–Trinajstić information content (AvgIpc) is 3.26. The molecule has 1 saturated heterocycles. The van der Waals surface area contributed by atoms with Crippen LogP contribution in [0.3, 0.4) is 0 Å². The molecule has 5 atom stereocenters. The van der Waals surface area contributed by atoms with Crippen molar-refractivity contribution in [2.75, 3.05) is 6.61 Å². The number of hydrogen-bond acceptors (Lipinski definition) is 9. The van der Waals surface area contributed by atoms with Crippen LogP contribution in [0.4, 0.5) is 10.2 Å². The summed E-state index contributed by atoms with van der Waals surface area (Å²) in [6.45, 7) is 2.23. The van der Waals surface area contributed by atoms with Crippen LogP contribution in [-0.2, 0) is 19.0 Å². The molecule has 12 heteroatoms. The summed E-state index contributed by atoms with van der Waals surface area (Å²) < 4.78 is 33.5. The molecule has 3 N–H and O–H groups in total. The molecule has 3 heterocycles. The lowest BCUT2D eigenvalue weighted by Crippen LogP contribution is -2.46. The third-order valence-corrected chi connectivity index (χ3v) is 5.55. The van der Waals surface area contributed by atoms with Crippen molar-refractivity contribution in [3.8, 4) is 0 Å². The summed E-state index contributed by atoms with van der Waals surface area (Å²) in [6, 6.07) is 8.16. The Balaban J connectivity index is 1.72. The van der Waals surface area contributed by atoms with Crippen molar-refractivity contribution in [2.24, 2.45) is 10.7 Å². The lowest BCUT2D eigenvalue weighted by molar-refractivity contribution is -0.147. The second-order valence-corrected chi connectivity index (χ2v) is 7.97. The van der Waals surface area contributed by atoms with E-state index in [-0.39, 0.29) is 23.9 Å². The van der Waals surface area contributed by atoms with Crippen LogP contribution in [0.15, 0.2) is 41.7 Å². The van der Waals surface area contributed by atoms with Gasteiger partial charge in [0.05, 0.1) is 11.9 Å². The van der Waals surface area contributed by atoms with Crippen molar-refractivity contribution in [3.63, 3.8) is 0 Å². The third-order valence-electron chi connectivity index (χ3n) is 5.23. The molecule has 170 valence electrons. The maximum absolute atomic E-state index is 15.7. The molecule has 0 amide bonds. The van der Waals surface area contributed by atoms with Crippen molar-refractivity contribution >= 4 is 35.3 Å². The highest BCUT2D eigenvalue weighted by atomic mass is 35.5. The number of nitrogens with one attached hydrogen (secondary N) is 1. The SMILES string of the molecule is CC(=O)OC[C@H]1O[C@@H](n2cnc3c2N=C(N)NC3Cl)[C@](C)(OC(=O)c2ccccc2)[C@@H]1F. The van der Waals surface area contributed by atoms with E-state index in [1.807, 2.05) is 0 Å². The fraction of sp³-hybridized carbons (Fsp3) is 0.400. The lowest BCUT2D eigenvalue weighted by Gasteiger charge is -2.32. The smallest absolute Gasteiger partial charge is 0.338 e. The highest BCUT2D eigenvalue weighted by molar-refractivity contribution is 6.22. The first kappa shape index (κ1) is 22.0. The Bertz CT molecular complexity index is 1060. The molecule has 0 saturated carbocycles. The quantitative estimate of drug-likeness (QED) is 0.390. The number of carbonyl (C=O) groups is 2. The van der Waals surface area contributed by atoms with Gasteiger partial charge in [-0.05, 0) is 19.1 Å². The Morgan fingerprint density at radius 3 is 2.78 bits per heavy atom. The zero-order chi connectivity index (χ0) is 23.0. The van der Waals surface area contributed by atoms with E-state index in [1.165, 1.54) is 24.7 Å². The number of carbonyl (C=O) groups excluding carboxylic acids is 2. The van der Waals surface area contributed by atoms with Gasteiger partial charge in [-0.2, -0.15) is 4.99 Å². The normalized spacial score (nSPS) is 28.9. The van der Waals surface area contributed by atoms with Crippen LogP contribution in [-0.4, -0.2) is 51.9 Å². The number of fused-ring (bicyclic) bond motifs is 1. The zero-order valence-corrected chi connectivity index (χ0v) is 18.0. The number of alkyl halides is 2. The number of nitrogens with zero attached hydrogens (tertiary/aromatic N) is 3. The monoisotopic (exact) mass is 465 g/mol. The second-order valence-electron chi connectivity index (χ2n) is 7.54. The van der Waals surface area contributed by atoms with Crippen molar-refractivity contribution in [3.05, 3.63) is 47.9 Å². The number of rotatable bonds is 5. The first-order chi connectivity index (χ1) is 15.2. The van der Waals surface area contributed by atoms with Gasteiger partial charge in [-0.25, -0.2) is 14.2 Å². The molecule has 0 aliphatic carbocycles. The van der Waals surface area contributed by atoms with Crippen molar-refractivity contribution in [2.45, 2.75) is 43.5 Å². The first-order valence-electron chi connectivity index (χ1n) is 9.73. The molecule has 0 bridgehead atoms. The van der Waals surface area contributed by atoms with E-state index in [4.69, 9.17) is 31.5 Å². The summed E-state index contributed by atoms with van der Waals surface area (Å²) in [7, 11) is 0. The molecular formula is C20H21ClFN5O5. The van der Waals surface area contributed by atoms with Crippen LogP contribution in [0.2, 0.25) is 0 Å². The molecule has 0 spiro atoms. The summed E-state index contributed by atoms with van der Waals surface area (Å²) in [4.78, 5) is 32.5. The number of imidazole rings is 1. The summed E-state index contributed by atoms with van der Waals surface area (Å²) in [5, 5.41) is 2.72. The van der Waals surface area contributed by atoms with Crippen LogP contribution < -0.4 is 11.1 Å². The predicted octanol–water partition coefficient (Wildman–Crippen LogP) is 2.08. The molecule has 10 nitrogen and oxygen atoms in total. The highest BCUT2D eigenvalue weighted by Gasteiger charge is 2.59. The zero-order valence-electron chi connectivity index (χ0n) is 17.2. The van der Waals surface area contributed by atoms with Gasteiger partial charge in [0.2, 0.25) is 0 Å². The Morgan fingerprint density at radius 1 is 1.38 bits per heavy atom. The van der Waals surface area contributed by atoms with E-state index >= 15 is 4.39 Å². The minimum atomic E-state index is -1.84. The Hall–Kier alpha value is -3.18. The van der Waals surface area contributed by atoms with E-state index in [0.29, 0.717) is 5.69 Å². The van der Waals surface area contributed by atoms with Gasteiger partial charge in [0.25, 0.3) is 0 Å². The topological polar surface area (TPSA) is 130 Å². The summed E-state index contributed by atoms with van der Waals surface area (Å²) in [5.41, 5.74) is 3.79. The van der Waals surface area contributed by atoms with Crippen molar-refractivity contribution in [1.29, 1.82) is 0 Å². The number of aliphatic imine (C=N–C) groups is 1. The van der Waals surface area contributed by atoms with Gasteiger partial charge in [-0.1, -0.05) is 29.8 Å². The largest absolute Gasteiger partial charge is 0.463 e. The van der Waals surface area contributed by atoms with Gasteiger partial charge in [-0.3, -0.25) is 9.36 Å². The van der Waals surface area contributed by atoms with Crippen LogP contribution in [0.1, 0.15) is 41.6 Å². The van der Waals surface area contributed by atoms with Crippen LogP contribution >= 0.6 is 11.6 Å². The van der Waals surface area contributed by atoms with Gasteiger partial charge in [0, 0.05) is 6.92 Å². The summed E-state index contributed by atoms with van der Waals surface area (Å²) in [6.07, 6.45) is -2.89. The number of aromatic nitrogens is 2. The van der Waals surface area contributed by atoms with Crippen LogP contribution in [0, 0.1) is 0 Å². The van der Waals surface area contributed by atoms with E-state index in [0.717, 1.165) is 0 Å². The van der Waals surface area contributed by atoms with Crippen molar-refractivity contribution < 1.29 is 28.2 Å². The number of halogens is 2. The van der Waals surface area contributed by atoms with Crippen LogP contribution in [0.5, 0.6) is 0 Å². The fourth-order valence-corrected chi connectivity index (χ4v) is 3.92. The fourth-order valence-electron chi connectivity index (χ4n) is 3.66. The van der Waals surface area contributed by atoms with E-state index < -0.39 is 41.5 Å². The standard InChI is InChI=1S/C20H21ClFN5O5/c1-10(28)30-8-12-14(22)20(2,32-17(29)11-6-4-3-5-7-11)18(31-12)27-9-24-13-15(21)25-19(23)26-16(13)27/h3-7,9,12,14-15,18H,8H2,1-2H3,(H3,23,25,26)/t12-,14-,15?,18-,20-/m1/s1. The minimum Gasteiger partial charge on any atom is -0.463 e. The lowest BCUT2D eigenvalue weighted by atomic mass is 9.97. The number of ether oxygens (including phenoxy) is 3. The van der Waals surface area contributed by atoms with Gasteiger partial charge in [-0.15, -0.1) is 0 Å². The van der Waals surface area contributed by atoms with Crippen molar-refractivity contribution in [1.82, 2.24) is 14.9 Å². The number of esters is 2. The molecule has 2 aliphatic rings. The molecule has 1 fully saturated rings. The van der Waals surface area contributed by atoms with Gasteiger partial charge >= 0.3 is 11.9 Å². The maximum atomic E-state index is 15.7. The van der Waals surface area contributed by atoms with E-state index in [9.17, 15) is 9.59 Å². The molecule has 1 aromatic carbocycles. The number of benzene rings is 1. The Labute approximate surface area is 187 Å². The Morgan fingerprint density at radius 2 is 2.09 bits per heavy atom. The molecular weight excluding hydrogens is 445 g/mol. The molecule has 32 heavy (non-hydrogen) atoms. The minimum absolute atomic E-state index is 0.0356. The summed E-state index contributed by atoms with van der Waals surface area (Å²) in [5.74, 6) is -1.07. The van der Waals surface area contributed by atoms with Gasteiger partial charge < -0.3 is 25.3 Å². The number of guanidine groups is 1. The molecule has 2 aromatic rings. The molecule has 4 rings (SSSR count). The molecule has 2 aliphatic heterocycles. The molecule has 1 aromatic heterocycles. The van der Waals surface area contributed by atoms with E-state index in [2.05, 4.69) is 15.3 Å². The maximum Gasteiger partial charge on any atom is 0.338 e. The second kappa shape index (κ2) is 8.40. The molecule has 1 unspecified atom stereocenters. The number of nitrogens with two attached hydrogens (primary N) is 1. The summed E-state index contributed by atoms with van der Waals surface area (Å²) >= 11 is 6.23. The van der Waals surface area contributed by atoms with E-state index in [1.54, 1.807) is 30.3 Å². The highest BCUT2D eigenvalue weighted by Crippen LogP contribution is 2.46. The van der Waals surface area contributed by atoms with Gasteiger partial charge in [0.1, 0.15) is 18.4 Å². The Kier molecular flexibility index (Phi) is 5.78. The first-order valence-corrected chi connectivity index (χ1v) is 10.2. The predicted molar refractivity (Wildman–Crippen MR) is 111 cm³/mol. The van der Waals surface area contributed by atoms with Crippen LogP contribution in [0.25, 0.3) is 0 Å². The van der Waals surface area contributed by atoms with Gasteiger partial charge in [0.15, 0.2) is 35.3 Å². The third kappa shape index (κ3) is 3.89. The average molecular weight is 466 g/mol. The number of hydrogen-bond donors (Lipinski definition) is 2. The molecule has 0 radical (unpaired) electrons.